The fourth-order valence-electron chi connectivity index (χ4n) is 2.26. The van der Waals surface area contributed by atoms with Crippen molar-refractivity contribution in [3.63, 3.8) is 0 Å². The lowest BCUT2D eigenvalue weighted by molar-refractivity contribution is -0.493. The Labute approximate surface area is 202 Å². The maximum atomic E-state index is 14.7. The van der Waals surface area contributed by atoms with Gasteiger partial charge in [-0.1, -0.05) is 6.58 Å². The van der Waals surface area contributed by atoms with Crippen LogP contribution in [-0.2, 0) is 9.53 Å². The van der Waals surface area contributed by atoms with Crippen LogP contribution in [0.25, 0.3) is 0 Å². The summed E-state index contributed by atoms with van der Waals surface area (Å²) in [6, 6.07) is 0. The summed E-state index contributed by atoms with van der Waals surface area (Å²) in [6.07, 6.45) is -25.1. The summed E-state index contributed by atoms with van der Waals surface area (Å²) in [7, 11) is 0. The molecule has 2 nitrogen and oxygen atoms in total. The summed E-state index contributed by atoms with van der Waals surface area (Å²) >= 11 is 0. The fourth-order valence-corrected chi connectivity index (χ4v) is 2.26. The molecule has 25 heteroatoms. The molecular formula is C15H5F23O2. The molecular weight excluding hydrogens is 649 g/mol. The van der Waals surface area contributed by atoms with Crippen molar-refractivity contribution in [2.24, 2.45) is 0 Å². The normalized spacial score (nSPS) is 17.4. The molecule has 0 rings (SSSR count). The summed E-state index contributed by atoms with van der Waals surface area (Å²) in [4.78, 5) is 11.2. The number of rotatable bonds is 9. The van der Waals surface area contributed by atoms with Crippen molar-refractivity contribution in [2.75, 3.05) is 0 Å². The van der Waals surface area contributed by atoms with E-state index in [0.29, 0.717) is 0 Å². The number of hydrogen-bond donors (Lipinski definition) is 0. The number of carbonyl (C=O) groups excluding carboxylic acids is 1. The van der Waals surface area contributed by atoms with Crippen LogP contribution in [0.5, 0.6) is 0 Å². The third-order valence-corrected chi connectivity index (χ3v) is 4.54. The van der Waals surface area contributed by atoms with E-state index in [4.69, 9.17) is 0 Å². The van der Waals surface area contributed by atoms with Crippen LogP contribution >= 0.6 is 0 Å². The van der Waals surface area contributed by atoms with Crippen LogP contribution < -0.4 is 0 Å². The van der Waals surface area contributed by atoms with E-state index >= 15 is 0 Å². The summed E-state index contributed by atoms with van der Waals surface area (Å²) in [5.41, 5.74) is -10.9. The molecule has 0 aliphatic rings. The molecule has 0 aromatic carbocycles. The fraction of sp³-hybridized carbons (Fsp3) is 0.800. The summed E-state index contributed by atoms with van der Waals surface area (Å²) in [5, 5.41) is 0. The molecule has 0 saturated carbocycles. The number of halogens is 23. The van der Waals surface area contributed by atoms with Crippen molar-refractivity contribution < 1.29 is 111 Å². The second kappa shape index (κ2) is 9.31. The van der Waals surface area contributed by atoms with Crippen LogP contribution in [0.3, 0.4) is 0 Å². The predicted molar refractivity (Wildman–Crippen MR) is 76.4 cm³/mol. The van der Waals surface area contributed by atoms with Gasteiger partial charge < -0.3 is 4.74 Å². The van der Waals surface area contributed by atoms with E-state index in [1.54, 1.807) is 0 Å². The van der Waals surface area contributed by atoms with Gasteiger partial charge in [0.1, 0.15) is 0 Å². The first-order valence-corrected chi connectivity index (χ1v) is 8.56. The molecule has 1 unspecified atom stereocenters. The highest BCUT2D eigenvalue weighted by Crippen LogP contribution is 2.67. The average molecular weight is 654 g/mol. The molecule has 238 valence electrons. The first-order chi connectivity index (χ1) is 16.8. The van der Waals surface area contributed by atoms with Gasteiger partial charge in [0.15, 0.2) is 0 Å². The van der Waals surface area contributed by atoms with E-state index in [1.165, 1.54) is 0 Å². The molecule has 0 heterocycles. The molecule has 0 aromatic heterocycles. The minimum absolute atomic E-state index is 0.0807. The Kier molecular flexibility index (Phi) is 8.75. The number of esters is 1. The van der Waals surface area contributed by atoms with Crippen molar-refractivity contribution in [2.45, 2.75) is 72.5 Å². The van der Waals surface area contributed by atoms with Crippen molar-refractivity contribution in [1.29, 1.82) is 0 Å². The minimum atomic E-state index is -9.49. The van der Waals surface area contributed by atoms with Gasteiger partial charge in [0.05, 0.1) is 0 Å². The summed E-state index contributed by atoms with van der Waals surface area (Å²) < 4.78 is 307. The SMILES string of the molecule is C=C(C)C(=O)OC(F)(C(F)(F)C(F)(F)C(F)(F)C(F)(F)C(F)(F)C(F)(F)C(F)(F)F)C(F)(C(F)(F)F)C(F)(F)F. The Bertz CT molecular complexity index is 968. The Morgan fingerprint density at radius 1 is 0.450 bits per heavy atom. The molecule has 0 bridgehead atoms. The number of alkyl halides is 23. The standard InChI is InChI=1S/C15H5F23O2/c1-3(2)4(39)40-12(29,5(16,13(30,31)32)14(33,34)35)10(25,26)8(21,22)6(17,18)7(19,20)9(23,24)11(27,28)15(36,37)38/h1H2,2H3. The van der Waals surface area contributed by atoms with Crippen LogP contribution in [-0.4, -0.2) is 71.6 Å². The largest absolute Gasteiger partial charge is 0.460 e. The van der Waals surface area contributed by atoms with Crippen LogP contribution in [0, 0.1) is 0 Å². The lowest BCUT2D eigenvalue weighted by atomic mass is 9.81. The zero-order chi connectivity index (χ0) is 33.4. The van der Waals surface area contributed by atoms with Gasteiger partial charge in [-0.2, -0.15) is 96.6 Å². The van der Waals surface area contributed by atoms with Gasteiger partial charge in [-0.05, 0) is 6.92 Å². The van der Waals surface area contributed by atoms with Crippen molar-refractivity contribution >= 4 is 5.97 Å². The maximum Gasteiger partial charge on any atom is 0.460 e. The lowest BCUT2D eigenvalue weighted by Gasteiger charge is -2.47. The van der Waals surface area contributed by atoms with Gasteiger partial charge in [0.2, 0.25) is 0 Å². The molecule has 0 saturated heterocycles. The molecule has 0 aliphatic heterocycles. The first kappa shape index (κ1) is 37.6. The molecule has 0 aromatic rings. The van der Waals surface area contributed by atoms with E-state index < -0.39 is 77.1 Å². The molecule has 0 amide bonds. The van der Waals surface area contributed by atoms with Gasteiger partial charge in [-0.3, -0.25) is 0 Å². The highest BCUT2D eigenvalue weighted by molar-refractivity contribution is 5.87. The molecule has 0 spiro atoms. The van der Waals surface area contributed by atoms with Gasteiger partial charge in [0, 0.05) is 5.57 Å². The zero-order valence-electron chi connectivity index (χ0n) is 17.7. The van der Waals surface area contributed by atoms with Gasteiger partial charge in [-0.15, -0.1) is 0 Å². The third-order valence-electron chi connectivity index (χ3n) is 4.54. The Balaban J connectivity index is 7.91. The number of carbonyl (C=O) groups is 1. The maximum absolute atomic E-state index is 14.7. The molecule has 0 radical (unpaired) electrons. The monoisotopic (exact) mass is 654 g/mol. The van der Waals surface area contributed by atoms with Gasteiger partial charge in [0.25, 0.3) is 0 Å². The van der Waals surface area contributed by atoms with Crippen LogP contribution in [0.1, 0.15) is 6.92 Å². The van der Waals surface area contributed by atoms with E-state index in [2.05, 4.69) is 6.58 Å². The van der Waals surface area contributed by atoms with Crippen molar-refractivity contribution in [3.8, 4) is 0 Å². The first-order valence-electron chi connectivity index (χ1n) is 8.56. The second-order valence-electron chi connectivity index (χ2n) is 7.36. The smallest absolute Gasteiger partial charge is 0.415 e. The summed E-state index contributed by atoms with van der Waals surface area (Å²) in [6.45, 7) is 2.06. The predicted octanol–water partition coefficient (Wildman–Crippen LogP) is 7.98. The Morgan fingerprint density at radius 2 is 0.700 bits per heavy atom. The zero-order valence-corrected chi connectivity index (χ0v) is 17.7. The molecule has 40 heavy (non-hydrogen) atoms. The van der Waals surface area contributed by atoms with Crippen molar-refractivity contribution in [1.82, 2.24) is 0 Å². The third kappa shape index (κ3) is 4.57. The lowest BCUT2D eigenvalue weighted by Crippen LogP contribution is -2.81. The van der Waals surface area contributed by atoms with Crippen LogP contribution in [0.15, 0.2) is 12.2 Å². The van der Waals surface area contributed by atoms with E-state index in [1.807, 2.05) is 4.74 Å². The number of hydrogen-bond acceptors (Lipinski definition) is 2. The van der Waals surface area contributed by atoms with Crippen LogP contribution in [0.4, 0.5) is 101 Å². The van der Waals surface area contributed by atoms with E-state index in [9.17, 15) is 106 Å². The second-order valence-corrected chi connectivity index (χ2v) is 7.36. The van der Waals surface area contributed by atoms with Crippen molar-refractivity contribution in [3.05, 3.63) is 12.2 Å². The molecule has 0 N–H and O–H groups in total. The highest BCUT2D eigenvalue weighted by Gasteiger charge is 3.00. The Morgan fingerprint density at radius 3 is 0.925 bits per heavy atom. The molecule has 1 atom stereocenters. The van der Waals surface area contributed by atoms with E-state index in [0.717, 1.165) is 0 Å². The number of ether oxygens (including phenoxy) is 1. The van der Waals surface area contributed by atoms with Gasteiger partial charge >= 0.3 is 71.6 Å². The van der Waals surface area contributed by atoms with Gasteiger partial charge in [-0.25, -0.2) is 9.18 Å². The van der Waals surface area contributed by atoms with E-state index in [-0.39, 0.29) is 6.92 Å². The van der Waals surface area contributed by atoms with Crippen LogP contribution in [0.2, 0.25) is 0 Å². The highest BCUT2D eigenvalue weighted by atomic mass is 19.4. The minimum Gasteiger partial charge on any atom is -0.415 e. The quantitative estimate of drug-likeness (QED) is 0.143. The summed E-state index contributed by atoms with van der Waals surface area (Å²) in [5.74, 6) is -67.7. The molecule has 0 aliphatic carbocycles. The molecule has 0 fully saturated rings. The Hall–Kier alpha value is -2.40. The topological polar surface area (TPSA) is 26.3 Å². The average Bonchev–Trinajstić information content (AvgIpc) is 2.69.